The number of ether oxygens (including phenoxy) is 2. The van der Waals surface area contributed by atoms with Crippen molar-refractivity contribution in [2.45, 2.75) is 129 Å². The first-order chi connectivity index (χ1) is 18.9. The van der Waals surface area contributed by atoms with Gasteiger partial charge in [-0.05, 0) is 36.8 Å². The van der Waals surface area contributed by atoms with Gasteiger partial charge in [0.25, 0.3) is 0 Å². The van der Waals surface area contributed by atoms with Crippen molar-refractivity contribution in [2.75, 3.05) is 13.7 Å². The molecular formula is C33H52O7. The van der Waals surface area contributed by atoms with E-state index < -0.39 is 52.7 Å². The lowest BCUT2D eigenvalue weighted by Crippen LogP contribution is -2.65. The first-order valence-electron chi connectivity index (χ1n) is 15.6. The SMILES string of the molecule is CCCCCCCCCCCC(=O)O[C@@]12C[C@@H](C)[C@]34C=C(C)[C@H](OC)[C@@]3(O)[C@H](O)C(CO)=C[C@H](C4=O)[C@@H]1C2(C)C. The molecule has 3 N–H and O–H groups in total. The highest BCUT2D eigenvalue weighted by Gasteiger charge is 2.83. The maximum Gasteiger partial charge on any atom is 0.306 e. The van der Waals surface area contributed by atoms with Crippen molar-refractivity contribution in [1.82, 2.24) is 0 Å². The molecule has 8 atom stereocenters. The molecule has 0 amide bonds. The lowest BCUT2D eigenvalue weighted by molar-refractivity contribution is -0.196. The van der Waals surface area contributed by atoms with Crippen LogP contribution in [0, 0.1) is 28.6 Å². The number of unbranched alkanes of at least 4 members (excludes halogenated alkanes) is 8. The van der Waals surface area contributed by atoms with E-state index in [-0.39, 0.29) is 23.2 Å². The van der Waals surface area contributed by atoms with Crippen LogP contribution < -0.4 is 0 Å². The van der Waals surface area contributed by atoms with E-state index in [9.17, 15) is 24.9 Å². The number of Topliss-reactive ketones (excluding diaryl/α,β-unsaturated/α-hetero) is 1. The van der Waals surface area contributed by atoms with Crippen molar-refractivity contribution in [3.63, 3.8) is 0 Å². The Labute approximate surface area is 240 Å². The second-order valence-corrected chi connectivity index (χ2v) is 13.6. The highest BCUT2D eigenvalue weighted by atomic mass is 16.6. The van der Waals surface area contributed by atoms with Crippen LogP contribution in [0.25, 0.3) is 0 Å². The van der Waals surface area contributed by atoms with E-state index in [1.54, 1.807) is 19.1 Å². The summed E-state index contributed by atoms with van der Waals surface area (Å²) in [6.45, 7) is 9.51. The fourth-order valence-electron chi connectivity index (χ4n) is 8.91. The molecule has 7 heteroatoms. The number of fused-ring (bicyclic) bond motifs is 3. The van der Waals surface area contributed by atoms with Crippen LogP contribution in [-0.4, -0.2) is 64.2 Å². The van der Waals surface area contributed by atoms with Gasteiger partial charge < -0.3 is 24.8 Å². The average molecular weight is 561 g/mol. The van der Waals surface area contributed by atoms with Crippen LogP contribution in [-0.2, 0) is 19.1 Å². The maximum absolute atomic E-state index is 14.6. The second kappa shape index (κ2) is 11.6. The Hall–Kier alpha value is -1.54. The van der Waals surface area contributed by atoms with Crippen LogP contribution >= 0.6 is 0 Å². The Morgan fingerprint density at radius 3 is 2.25 bits per heavy atom. The molecule has 2 saturated carbocycles. The van der Waals surface area contributed by atoms with Gasteiger partial charge in [0.15, 0.2) is 5.78 Å². The molecule has 4 aliphatic carbocycles. The Balaban J connectivity index is 1.55. The Bertz CT molecular complexity index is 1030. The number of hydrogen-bond acceptors (Lipinski definition) is 7. The molecule has 2 bridgehead atoms. The van der Waals surface area contributed by atoms with Crippen LogP contribution in [0.1, 0.15) is 105 Å². The number of ketones is 1. The molecule has 0 aromatic heterocycles. The monoisotopic (exact) mass is 560 g/mol. The number of esters is 1. The van der Waals surface area contributed by atoms with Crippen molar-refractivity contribution < 1.29 is 34.4 Å². The molecular weight excluding hydrogens is 508 g/mol. The topological polar surface area (TPSA) is 113 Å². The van der Waals surface area contributed by atoms with Gasteiger partial charge in [-0.3, -0.25) is 9.59 Å². The largest absolute Gasteiger partial charge is 0.458 e. The third-order valence-electron chi connectivity index (χ3n) is 11.0. The molecule has 0 heterocycles. The number of carbonyl (C=O) groups is 2. The minimum Gasteiger partial charge on any atom is -0.458 e. The summed E-state index contributed by atoms with van der Waals surface area (Å²) in [5.41, 5.74) is -3.86. The van der Waals surface area contributed by atoms with Gasteiger partial charge in [-0.2, -0.15) is 0 Å². The van der Waals surface area contributed by atoms with Crippen LogP contribution in [0.4, 0.5) is 0 Å². The molecule has 0 aromatic carbocycles. The lowest BCUT2D eigenvalue weighted by Gasteiger charge is -2.49. The zero-order chi connectivity index (χ0) is 29.5. The second-order valence-electron chi connectivity index (χ2n) is 13.6. The molecule has 2 fully saturated rings. The number of methoxy groups -OCH3 is 1. The van der Waals surface area contributed by atoms with Gasteiger partial charge >= 0.3 is 5.97 Å². The molecule has 0 radical (unpaired) electrons. The summed E-state index contributed by atoms with van der Waals surface area (Å²) >= 11 is 0. The molecule has 226 valence electrons. The number of allylic oxidation sites excluding steroid dienone is 1. The zero-order valence-corrected chi connectivity index (χ0v) is 25.5. The van der Waals surface area contributed by atoms with Gasteiger partial charge in [0.05, 0.1) is 12.0 Å². The van der Waals surface area contributed by atoms with Crippen LogP contribution in [0.3, 0.4) is 0 Å². The molecule has 7 nitrogen and oxygen atoms in total. The molecule has 0 unspecified atom stereocenters. The van der Waals surface area contributed by atoms with Crippen molar-refractivity contribution in [3.05, 3.63) is 23.3 Å². The average Bonchev–Trinajstić information content (AvgIpc) is 3.28. The van der Waals surface area contributed by atoms with E-state index in [4.69, 9.17) is 9.47 Å². The van der Waals surface area contributed by atoms with Crippen LogP contribution in [0.5, 0.6) is 0 Å². The normalized spacial score (nSPS) is 39.4. The summed E-state index contributed by atoms with van der Waals surface area (Å²) in [5, 5.41) is 34.0. The number of hydrogen-bond donors (Lipinski definition) is 3. The van der Waals surface area contributed by atoms with E-state index in [0.717, 1.165) is 19.3 Å². The quantitative estimate of drug-likeness (QED) is 0.164. The third kappa shape index (κ3) is 4.54. The number of aliphatic hydroxyl groups is 3. The van der Waals surface area contributed by atoms with Gasteiger partial charge in [-0.25, -0.2) is 0 Å². The molecule has 40 heavy (non-hydrogen) atoms. The maximum atomic E-state index is 14.6. The molecule has 0 aliphatic heterocycles. The summed E-state index contributed by atoms with van der Waals surface area (Å²) in [6.07, 6.45) is 12.3. The van der Waals surface area contributed by atoms with Crippen LogP contribution in [0.15, 0.2) is 23.3 Å². The van der Waals surface area contributed by atoms with Gasteiger partial charge in [-0.1, -0.05) is 91.2 Å². The summed E-state index contributed by atoms with van der Waals surface area (Å²) in [5.74, 6) is -1.91. The number of rotatable bonds is 13. The highest BCUT2D eigenvalue weighted by Crippen LogP contribution is 2.75. The van der Waals surface area contributed by atoms with Gasteiger partial charge in [0.1, 0.15) is 23.4 Å². The summed E-state index contributed by atoms with van der Waals surface area (Å²) in [6, 6.07) is 0. The summed E-state index contributed by atoms with van der Waals surface area (Å²) in [4.78, 5) is 27.8. The summed E-state index contributed by atoms with van der Waals surface area (Å²) in [7, 11) is 1.46. The van der Waals surface area contributed by atoms with Crippen molar-refractivity contribution in [2.24, 2.45) is 28.6 Å². The van der Waals surface area contributed by atoms with Gasteiger partial charge in [0.2, 0.25) is 0 Å². The fraction of sp³-hybridized carbons (Fsp3) is 0.818. The molecule has 1 spiro atoms. The first-order valence-corrected chi connectivity index (χ1v) is 15.6. The predicted molar refractivity (Wildman–Crippen MR) is 153 cm³/mol. The molecule has 0 aromatic rings. The van der Waals surface area contributed by atoms with Crippen molar-refractivity contribution in [1.29, 1.82) is 0 Å². The van der Waals surface area contributed by atoms with Crippen molar-refractivity contribution >= 4 is 11.8 Å². The van der Waals surface area contributed by atoms with Gasteiger partial charge in [-0.15, -0.1) is 0 Å². The fourth-order valence-corrected chi connectivity index (χ4v) is 8.91. The molecule has 4 rings (SSSR count). The van der Waals surface area contributed by atoms with Crippen molar-refractivity contribution in [3.8, 4) is 0 Å². The van der Waals surface area contributed by atoms with E-state index >= 15 is 0 Å². The smallest absolute Gasteiger partial charge is 0.306 e. The van der Waals surface area contributed by atoms with Crippen LogP contribution in [0.2, 0.25) is 0 Å². The standard InChI is InChI=1S/C33H52O7/c1-7-8-9-10-11-12-13-14-15-16-25(35)40-32-19-22(3)31-18-21(2)29(39-6)33(31,38)27(36)23(20-34)17-24(28(31)37)26(32)30(32,4)5/h17-18,22,24,26-27,29,34,36,38H,7-16,19-20H2,1-6H3/t22-,24+,26-,27-,29+,31+,32+,33+/m1/s1. The van der Waals surface area contributed by atoms with E-state index in [1.165, 1.54) is 45.6 Å². The Morgan fingerprint density at radius 1 is 1.07 bits per heavy atom. The third-order valence-corrected chi connectivity index (χ3v) is 11.0. The molecule has 0 saturated heterocycles. The Morgan fingerprint density at radius 2 is 1.68 bits per heavy atom. The van der Waals surface area contributed by atoms with E-state index in [2.05, 4.69) is 6.92 Å². The zero-order valence-electron chi connectivity index (χ0n) is 25.5. The minimum absolute atomic E-state index is 0.198. The highest BCUT2D eigenvalue weighted by molar-refractivity contribution is 5.95. The first kappa shape index (κ1) is 31.4. The predicted octanol–water partition coefficient (Wildman–Crippen LogP) is 5.06. The summed E-state index contributed by atoms with van der Waals surface area (Å²) < 4.78 is 12.0. The minimum atomic E-state index is -1.98. The van der Waals surface area contributed by atoms with Gasteiger partial charge in [0, 0.05) is 30.8 Å². The lowest BCUT2D eigenvalue weighted by atomic mass is 9.59. The van der Waals surface area contributed by atoms with E-state index in [1.807, 2.05) is 20.8 Å². The number of carbonyl (C=O) groups excluding carboxylic acids is 2. The molecule has 4 aliphatic rings. The number of aliphatic hydroxyl groups excluding tert-OH is 2. The van der Waals surface area contributed by atoms with E-state index in [0.29, 0.717) is 18.4 Å². The Kier molecular flexibility index (Phi) is 9.12.